The van der Waals surface area contributed by atoms with E-state index >= 15 is 0 Å². The summed E-state index contributed by atoms with van der Waals surface area (Å²) in [6, 6.07) is 18.6. The lowest BCUT2D eigenvalue weighted by molar-refractivity contribution is 0.460. The van der Waals surface area contributed by atoms with E-state index < -0.39 is 30.0 Å². The van der Waals surface area contributed by atoms with E-state index in [0.717, 1.165) is 12.1 Å². The Kier molecular flexibility index (Phi) is 4.24. The van der Waals surface area contributed by atoms with E-state index in [-0.39, 0.29) is 11.1 Å². The SMILES string of the molecule is O=S(=O)([O-])c1ccc2ccccc2c1-c1c(S(=O)(=O)[O-])ccc2ccccc12. The molecule has 4 aromatic rings. The molecule has 0 fully saturated rings. The van der Waals surface area contributed by atoms with Gasteiger partial charge in [0.1, 0.15) is 20.2 Å². The second kappa shape index (κ2) is 6.39. The van der Waals surface area contributed by atoms with Crippen molar-refractivity contribution in [2.45, 2.75) is 9.79 Å². The van der Waals surface area contributed by atoms with Gasteiger partial charge < -0.3 is 9.11 Å². The summed E-state index contributed by atoms with van der Waals surface area (Å²) in [5, 5.41) is 1.93. The molecule has 0 unspecified atom stereocenters. The van der Waals surface area contributed by atoms with Crippen LogP contribution in [-0.4, -0.2) is 25.9 Å². The number of benzene rings is 4. The van der Waals surface area contributed by atoms with Crippen molar-refractivity contribution in [2.24, 2.45) is 0 Å². The van der Waals surface area contributed by atoms with Crippen molar-refractivity contribution >= 4 is 41.8 Å². The average Bonchev–Trinajstić information content (AvgIpc) is 2.64. The summed E-state index contributed by atoms with van der Waals surface area (Å²) in [5.74, 6) is 0. The number of rotatable bonds is 3. The molecule has 0 aromatic heterocycles. The molecule has 0 atom stereocenters. The molecule has 0 bridgehead atoms. The topological polar surface area (TPSA) is 114 Å². The van der Waals surface area contributed by atoms with Gasteiger partial charge in [-0.3, -0.25) is 0 Å². The Hall–Kier alpha value is -2.78. The minimum absolute atomic E-state index is 0.0840. The van der Waals surface area contributed by atoms with Gasteiger partial charge in [0, 0.05) is 11.1 Å². The van der Waals surface area contributed by atoms with Crippen LogP contribution < -0.4 is 0 Å². The molecular weight excluding hydrogens is 400 g/mol. The monoisotopic (exact) mass is 412 g/mol. The molecule has 4 rings (SSSR count). The van der Waals surface area contributed by atoms with Gasteiger partial charge in [0.15, 0.2) is 0 Å². The van der Waals surface area contributed by atoms with Gasteiger partial charge in [-0.1, -0.05) is 60.7 Å². The van der Waals surface area contributed by atoms with E-state index in [1.807, 2.05) is 0 Å². The van der Waals surface area contributed by atoms with Crippen molar-refractivity contribution in [3.8, 4) is 11.1 Å². The van der Waals surface area contributed by atoms with Crippen LogP contribution in [0.15, 0.2) is 82.6 Å². The maximum atomic E-state index is 12.0. The highest BCUT2D eigenvalue weighted by Crippen LogP contribution is 2.42. The van der Waals surface area contributed by atoms with Gasteiger partial charge >= 0.3 is 0 Å². The van der Waals surface area contributed by atoms with Crippen LogP contribution in [0.4, 0.5) is 0 Å². The molecule has 0 radical (unpaired) electrons. The van der Waals surface area contributed by atoms with E-state index in [4.69, 9.17) is 0 Å². The lowest BCUT2D eigenvalue weighted by atomic mass is 9.94. The summed E-state index contributed by atoms with van der Waals surface area (Å²) in [4.78, 5) is -1.15. The van der Waals surface area contributed by atoms with Gasteiger partial charge in [-0.2, -0.15) is 0 Å². The van der Waals surface area contributed by atoms with Gasteiger partial charge in [0.2, 0.25) is 0 Å². The molecule has 0 heterocycles. The molecule has 28 heavy (non-hydrogen) atoms. The fourth-order valence-corrected chi connectivity index (χ4v) is 4.83. The quantitative estimate of drug-likeness (QED) is 0.476. The Labute approximate surface area is 161 Å². The summed E-state index contributed by atoms with van der Waals surface area (Å²) < 4.78 is 71.9. The van der Waals surface area contributed by atoms with Crippen LogP contribution in [-0.2, 0) is 20.2 Å². The minimum Gasteiger partial charge on any atom is -0.744 e. The van der Waals surface area contributed by atoms with E-state index in [0.29, 0.717) is 21.5 Å². The molecule has 0 spiro atoms. The zero-order valence-corrected chi connectivity index (χ0v) is 15.8. The van der Waals surface area contributed by atoms with Gasteiger partial charge in [0.05, 0.1) is 9.79 Å². The van der Waals surface area contributed by atoms with Crippen LogP contribution in [0.5, 0.6) is 0 Å². The second-order valence-corrected chi connectivity index (χ2v) is 8.92. The summed E-state index contributed by atoms with van der Waals surface area (Å²) >= 11 is 0. The second-order valence-electron chi connectivity index (χ2n) is 6.23. The van der Waals surface area contributed by atoms with Crippen molar-refractivity contribution in [1.29, 1.82) is 0 Å². The molecular formula is C20H12O6S2-2. The highest BCUT2D eigenvalue weighted by molar-refractivity contribution is 7.86. The standard InChI is InChI=1S/C20H14O6S2/c21-27(22,23)17-11-9-13-5-1-3-7-15(13)19(17)20-16-8-4-2-6-14(16)10-12-18(20)28(24,25)26/h1-12H,(H,21,22,23)(H,24,25,26)/p-2. The Morgan fingerprint density at radius 3 is 1.21 bits per heavy atom. The predicted molar refractivity (Wildman–Crippen MR) is 103 cm³/mol. The molecule has 0 saturated heterocycles. The van der Waals surface area contributed by atoms with Crippen molar-refractivity contribution in [3.05, 3.63) is 72.8 Å². The lowest BCUT2D eigenvalue weighted by Gasteiger charge is -2.21. The third-order valence-corrected chi connectivity index (χ3v) is 6.33. The zero-order chi connectivity index (χ0) is 20.1. The number of hydrogen-bond acceptors (Lipinski definition) is 6. The molecule has 4 aromatic carbocycles. The fraction of sp³-hybridized carbons (Fsp3) is 0. The van der Waals surface area contributed by atoms with Crippen molar-refractivity contribution in [2.75, 3.05) is 0 Å². The van der Waals surface area contributed by atoms with Crippen LogP contribution in [0.25, 0.3) is 32.7 Å². The summed E-state index contributed by atoms with van der Waals surface area (Å²) in [5.41, 5.74) is -0.168. The highest BCUT2D eigenvalue weighted by Gasteiger charge is 2.22. The van der Waals surface area contributed by atoms with Crippen LogP contribution in [0.1, 0.15) is 0 Å². The highest BCUT2D eigenvalue weighted by atomic mass is 32.2. The normalized spacial score (nSPS) is 12.5. The smallest absolute Gasteiger partial charge is 0.125 e. The van der Waals surface area contributed by atoms with Crippen LogP contribution in [0.3, 0.4) is 0 Å². The molecule has 142 valence electrons. The molecule has 0 saturated carbocycles. The predicted octanol–water partition coefficient (Wildman–Crippen LogP) is 3.47. The maximum Gasteiger partial charge on any atom is 0.125 e. The largest absolute Gasteiger partial charge is 0.744 e. The molecule has 0 aliphatic heterocycles. The molecule has 0 aliphatic carbocycles. The molecule has 8 heteroatoms. The summed E-state index contributed by atoms with van der Waals surface area (Å²) in [6.07, 6.45) is 0. The molecule has 6 nitrogen and oxygen atoms in total. The Morgan fingerprint density at radius 2 is 0.857 bits per heavy atom. The van der Waals surface area contributed by atoms with E-state index in [2.05, 4.69) is 0 Å². The maximum absolute atomic E-state index is 12.0. The summed E-state index contributed by atoms with van der Waals surface area (Å²) in [6.45, 7) is 0. The third kappa shape index (κ3) is 3.06. The van der Waals surface area contributed by atoms with Gasteiger partial charge in [0.25, 0.3) is 0 Å². The fourth-order valence-electron chi connectivity index (χ4n) is 3.44. The van der Waals surface area contributed by atoms with Crippen LogP contribution in [0, 0.1) is 0 Å². The Morgan fingerprint density at radius 1 is 0.500 bits per heavy atom. The zero-order valence-electron chi connectivity index (χ0n) is 14.2. The van der Waals surface area contributed by atoms with Crippen LogP contribution in [0.2, 0.25) is 0 Å². The van der Waals surface area contributed by atoms with Crippen molar-refractivity contribution in [3.63, 3.8) is 0 Å². The van der Waals surface area contributed by atoms with E-state index in [9.17, 15) is 25.9 Å². The van der Waals surface area contributed by atoms with Gasteiger partial charge in [-0.05, 0) is 33.7 Å². The van der Waals surface area contributed by atoms with E-state index in [1.54, 1.807) is 48.5 Å². The van der Waals surface area contributed by atoms with Crippen LogP contribution >= 0.6 is 0 Å². The van der Waals surface area contributed by atoms with Gasteiger partial charge in [-0.15, -0.1) is 0 Å². The third-order valence-electron chi connectivity index (χ3n) is 4.57. The lowest BCUT2D eigenvalue weighted by Crippen LogP contribution is -2.06. The van der Waals surface area contributed by atoms with Crippen molar-refractivity contribution < 1.29 is 25.9 Å². The molecule has 0 amide bonds. The first-order chi connectivity index (χ1) is 13.2. The first-order valence-electron chi connectivity index (χ1n) is 8.13. The number of fused-ring (bicyclic) bond motifs is 2. The molecule has 0 N–H and O–H groups in total. The van der Waals surface area contributed by atoms with Crippen molar-refractivity contribution in [1.82, 2.24) is 0 Å². The van der Waals surface area contributed by atoms with Gasteiger partial charge in [-0.25, -0.2) is 16.8 Å². The first kappa shape index (κ1) is 18.6. The summed E-state index contributed by atoms with van der Waals surface area (Å²) in [7, 11) is -9.90. The van der Waals surface area contributed by atoms with E-state index in [1.165, 1.54) is 12.1 Å². The first-order valence-corrected chi connectivity index (χ1v) is 11.0. The Balaban J connectivity index is 2.34. The minimum atomic E-state index is -4.95. The number of hydrogen-bond donors (Lipinski definition) is 0. The molecule has 0 aliphatic rings. The Bertz CT molecular complexity index is 1340. The average molecular weight is 412 g/mol.